The van der Waals surface area contributed by atoms with Crippen molar-refractivity contribution in [1.29, 1.82) is 0 Å². The van der Waals surface area contributed by atoms with E-state index in [1.54, 1.807) is 25.1 Å². The van der Waals surface area contributed by atoms with E-state index >= 15 is 0 Å². The molecule has 28 heavy (non-hydrogen) atoms. The molecule has 2 rings (SSSR count). The minimum absolute atomic E-state index is 0.0435. The maximum absolute atomic E-state index is 11.0. The van der Waals surface area contributed by atoms with Crippen LogP contribution in [0.1, 0.15) is 19.4 Å². The Morgan fingerprint density at radius 3 is 2.46 bits per heavy atom. The number of aliphatic hydroxyl groups is 1. The van der Waals surface area contributed by atoms with Gasteiger partial charge in [-0.1, -0.05) is 42.5 Å². The molecule has 0 amide bonds. The topological polar surface area (TPSA) is 112 Å². The third kappa shape index (κ3) is 6.24. The molecule has 0 aliphatic rings. The second-order valence-corrected chi connectivity index (χ2v) is 6.46. The first-order valence-corrected chi connectivity index (χ1v) is 9.21. The standard InChI is InChI=1S/C20H27N5O3/c1-3-21-19(24-15-20(2,26)16-9-5-4-6-10-16)23-14-13-22-17-11-7-8-12-18(17)25(27)28/h4-12,22,26H,3,13-15H2,1-2H3,(H2,21,23,24). The Hall–Kier alpha value is -3.13. The van der Waals surface area contributed by atoms with Gasteiger partial charge in [-0.3, -0.25) is 10.1 Å². The normalized spacial score (nSPS) is 13.5. The van der Waals surface area contributed by atoms with Gasteiger partial charge in [0.05, 0.1) is 11.5 Å². The molecule has 8 heteroatoms. The summed E-state index contributed by atoms with van der Waals surface area (Å²) >= 11 is 0. The monoisotopic (exact) mass is 385 g/mol. The van der Waals surface area contributed by atoms with Gasteiger partial charge in [0.1, 0.15) is 11.3 Å². The summed E-state index contributed by atoms with van der Waals surface area (Å²) in [6, 6.07) is 15.9. The maximum atomic E-state index is 11.0. The second-order valence-electron chi connectivity index (χ2n) is 6.46. The number of benzene rings is 2. The predicted octanol–water partition coefficient (Wildman–Crippen LogP) is 2.47. The van der Waals surface area contributed by atoms with Crippen LogP contribution in [0.2, 0.25) is 0 Å². The first kappa shape index (κ1) is 21.2. The van der Waals surface area contributed by atoms with Gasteiger partial charge in [-0.2, -0.15) is 0 Å². The van der Waals surface area contributed by atoms with E-state index in [9.17, 15) is 15.2 Å². The summed E-state index contributed by atoms with van der Waals surface area (Å²) in [6.07, 6.45) is 0. The van der Waals surface area contributed by atoms with Gasteiger partial charge < -0.3 is 21.1 Å². The van der Waals surface area contributed by atoms with Crippen LogP contribution in [0.25, 0.3) is 0 Å². The van der Waals surface area contributed by atoms with Crippen molar-refractivity contribution >= 4 is 17.3 Å². The minimum atomic E-state index is -1.08. The van der Waals surface area contributed by atoms with Crippen LogP contribution in [0, 0.1) is 10.1 Å². The molecule has 0 radical (unpaired) electrons. The highest BCUT2D eigenvalue weighted by Gasteiger charge is 2.22. The fourth-order valence-corrected chi connectivity index (χ4v) is 2.62. The molecular weight excluding hydrogens is 358 g/mol. The van der Waals surface area contributed by atoms with Crippen molar-refractivity contribution in [2.45, 2.75) is 19.4 Å². The van der Waals surface area contributed by atoms with Crippen molar-refractivity contribution in [2.75, 3.05) is 31.5 Å². The molecule has 0 fully saturated rings. The zero-order valence-corrected chi connectivity index (χ0v) is 16.2. The highest BCUT2D eigenvalue weighted by Crippen LogP contribution is 2.22. The van der Waals surface area contributed by atoms with Gasteiger partial charge in [-0.25, -0.2) is 4.99 Å². The Bertz CT molecular complexity index is 793. The third-order valence-electron chi connectivity index (χ3n) is 4.12. The van der Waals surface area contributed by atoms with E-state index in [0.29, 0.717) is 31.3 Å². The molecule has 0 aliphatic carbocycles. The van der Waals surface area contributed by atoms with Crippen LogP contribution in [0.3, 0.4) is 0 Å². The van der Waals surface area contributed by atoms with Gasteiger partial charge in [0, 0.05) is 25.7 Å². The summed E-state index contributed by atoms with van der Waals surface area (Å²) in [7, 11) is 0. The van der Waals surface area contributed by atoms with Crippen molar-refractivity contribution in [2.24, 2.45) is 4.99 Å². The van der Waals surface area contributed by atoms with Crippen LogP contribution >= 0.6 is 0 Å². The number of nitrogens with one attached hydrogen (secondary N) is 3. The lowest BCUT2D eigenvalue weighted by Crippen LogP contribution is -2.40. The summed E-state index contributed by atoms with van der Waals surface area (Å²) in [4.78, 5) is 15.1. The Morgan fingerprint density at radius 2 is 1.79 bits per heavy atom. The molecular formula is C20H27N5O3. The van der Waals surface area contributed by atoms with Crippen molar-refractivity contribution in [3.8, 4) is 0 Å². The van der Waals surface area contributed by atoms with Crippen LogP contribution in [0.5, 0.6) is 0 Å². The third-order valence-corrected chi connectivity index (χ3v) is 4.12. The van der Waals surface area contributed by atoms with Crippen LogP contribution in [-0.2, 0) is 5.60 Å². The molecule has 0 saturated carbocycles. The molecule has 0 saturated heterocycles. The van der Waals surface area contributed by atoms with E-state index < -0.39 is 10.5 Å². The average molecular weight is 385 g/mol. The van der Waals surface area contributed by atoms with Crippen molar-refractivity contribution < 1.29 is 10.0 Å². The number of hydrogen-bond acceptors (Lipinski definition) is 5. The van der Waals surface area contributed by atoms with Crippen molar-refractivity contribution in [1.82, 2.24) is 10.6 Å². The highest BCUT2D eigenvalue weighted by molar-refractivity contribution is 5.79. The predicted molar refractivity (Wildman–Crippen MR) is 112 cm³/mol. The summed E-state index contributed by atoms with van der Waals surface area (Å²) < 4.78 is 0. The molecule has 0 aromatic heterocycles. The van der Waals surface area contributed by atoms with Crippen molar-refractivity contribution in [3.05, 3.63) is 70.3 Å². The molecule has 150 valence electrons. The van der Waals surface area contributed by atoms with Gasteiger partial charge >= 0.3 is 0 Å². The number of anilines is 1. The van der Waals surface area contributed by atoms with E-state index in [1.165, 1.54) is 6.07 Å². The number of nitro benzene ring substituents is 1. The smallest absolute Gasteiger partial charge is 0.292 e. The number of nitro groups is 1. The fraction of sp³-hybridized carbons (Fsp3) is 0.350. The number of nitrogens with zero attached hydrogens (tertiary/aromatic N) is 2. The number of para-hydroxylation sites is 2. The Balaban J connectivity index is 1.91. The SMILES string of the molecule is CCNC(=NCC(C)(O)c1ccccc1)NCCNc1ccccc1[N+](=O)[O-]. The lowest BCUT2D eigenvalue weighted by Gasteiger charge is -2.22. The average Bonchev–Trinajstić information content (AvgIpc) is 2.70. The maximum Gasteiger partial charge on any atom is 0.292 e. The van der Waals surface area contributed by atoms with Gasteiger partial charge in [0.25, 0.3) is 5.69 Å². The number of rotatable bonds is 9. The van der Waals surface area contributed by atoms with E-state index in [2.05, 4.69) is 20.9 Å². The first-order chi connectivity index (χ1) is 13.4. The van der Waals surface area contributed by atoms with Crippen molar-refractivity contribution in [3.63, 3.8) is 0 Å². The molecule has 4 N–H and O–H groups in total. The quantitative estimate of drug-likeness (QED) is 0.173. The largest absolute Gasteiger partial charge is 0.384 e. The van der Waals surface area contributed by atoms with Gasteiger partial charge in [-0.05, 0) is 25.5 Å². The van der Waals surface area contributed by atoms with Crippen LogP contribution in [0.15, 0.2) is 59.6 Å². The van der Waals surface area contributed by atoms with Gasteiger partial charge in [0.2, 0.25) is 0 Å². The highest BCUT2D eigenvalue weighted by atomic mass is 16.6. The fourth-order valence-electron chi connectivity index (χ4n) is 2.62. The molecule has 0 bridgehead atoms. The number of aliphatic imine (C=N–C) groups is 1. The zero-order valence-electron chi connectivity index (χ0n) is 16.2. The Kier molecular flexibility index (Phi) is 7.76. The van der Waals surface area contributed by atoms with E-state index in [1.807, 2.05) is 37.3 Å². The number of guanidine groups is 1. The van der Waals surface area contributed by atoms with Crippen LogP contribution in [0.4, 0.5) is 11.4 Å². The minimum Gasteiger partial charge on any atom is -0.384 e. The van der Waals surface area contributed by atoms with E-state index in [0.717, 1.165) is 5.56 Å². The molecule has 8 nitrogen and oxygen atoms in total. The summed E-state index contributed by atoms with van der Waals surface area (Å²) in [5.41, 5.74) is 0.241. The summed E-state index contributed by atoms with van der Waals surface area (Å²) in [5, 5.41) is 31.0. The Labute approximate surface area is 164 Å². The van der Waals surface area contributed by atoms with Crippen LogP contribution in [-0.4, -0.2) is 42.2 Å². The van der Waals surface area contributed by atoms with E-state index in [4.69, 9.17) is 0 Å². The Morgan fingerprint density at radius 1 is 1.11 bits per heavy atom. The van der Waals surface area contributed by atoms with Gasteiger partial charge in [-0.15, -0.1) is 0 Å². The summed E-state index contributed by atoms with van der Waals surface area (Å²) in [5.74, 6) is 0.572. The van der Waals surface area contributed by atoms with E-state index in [-0.39, 0.29) is 12.2 Å². The lowest BCUT2D eigenvalue weighted by atomic mass is 9.96. The van der Waals surface area contributed by atoms with Gasteiger partial charge in [0.15, 0.2) is 5.96 Å². The molecule has 2 aromatic rings. The molecule has 0 aliphatic heterocycles. The molecule has 0 heterocycles. The van der Waals surface area contributed by atoms with Crippen LogP contribution < -0.4 is 16.0 Å². The second kappa shape index (κ2) is 10.3. The summed E-state index contributed by atoms with van der Waals surface area (Å²) in [6.45, 7) is 5.54. The molecule has 1 unspecified atom stereocenters. The zero-order chi connectivity index (χ0) is 20.4. The number of hydrogen-bond donors (Lipinski definition) is 4. The molecule has 0 spiro atoms. The lowest BCUT2D eigenvalue weighted by molar-refractivity contribution is -0.384. The molecule has 1 atom stereocenters. The first-order valence-electron chi connectivity index (χ1n) is 9.21. The molecule has 2 aromatic carbocycles.